The van der Waals surface area contributed by atoms with Gasteiger partial charge in [0.05, 0.1) is 5.41 Å². The summed E-state index contributed by atoms with van der Waals surface area (Å²) in [6, 6.07) is 7.77. The number of aromatic amines is 1. The number of amides is 3. The topological polar surface area (TPSA) is 103 Å². The zero-order valence-electron chi connectivity index (χ0n) is 18.4. The molecule has 2 aliphatic heterocycles. The average Bonchev–Trinajstić information content (AvgIpc) is 3.38. The highest BCUT2D eigenvalue weighted by Gasteiger charge is 2.54. The molecule has 1 aromatic heterocycles. The van der Waals surface area contributed by atoms with E-state index in [-0.39, 0.29) is 29.9 Å². The van der Waals surface area contributed by atoms with Crippen molar-refractivity contribution in [3.05, 3.63) is 41.5 Å². The molecule has 2 atom stereocenters. The van der Waals surface area contributed by atoms with Gasteiger partial charge in [0.25, 0.3) is 0 Å². The third kappa shape index (κ3) is 4.14. The van der Waals surface area contributed by atoms with Gasteiger partial charge in [-0.15, -0.1) is 0 Å². The van der Waals surface area contributed by atoms with E-state index in [1.54, 1.807) is 0 Å². The van der Waals surface area contributed by atoms with E-state index in [9.17, 15) is 9.59 Å². The molecule has 166 valence electrons. The number of methoxy groups -OCH3 is 1. The molecule has 4 rings (SSSR count). The van der Waals surface area contributed by atoms with Crippen LogP contribution in [0.2, 0.25) is 0 Å². The Labute approximate surface area is 182 Å². The summed E-state index contributed by atoms with van der Waals surface area (Å²) < 4.78 is 5.03. The summed E-state index contributed by atoms with van der Waals surface area (Å²) in [5.41, 5.74) is 1.60. The first kappa shape index (κ1) is 21.3. The maximum absolute atomic E-state index is 13.1. The number of H-pyrrole nitrogens is 1. The van der Waals surface area contributed by atoms with Gasteiger partial charge in [0, 0.05) is 44.9 Å². The van der Waals surface area contributed by atoms with Gasteiger partial charge in [-0.25, -0.2) is 9.78 Å². The summed E-state index contributed by atoms with van der Waals surface area (Å²) in [6.45, 7) is 6.26. The molecule has 0 aliphatic carbocycles. The largest absolute Gasteiger partial charge is 0.375 e. The van der Waals surface area contributed by atoms with Crippen LogP contribution in [0.15, 0.2) is 24.3 Å². The molecule has 0 unspecified atom stereocenters. The quantitative estimate of drug-likeness (QED) is 0.761. The molecule has 0 radical (unpaired) electrons. The molecule has 2 saturated heterocycles. The minimum atomic E-state index is -0.364. The fourth-order valence-corrected chi connectivity index (χ4v) is 4.78. The van der Waals surface area contributed by atoms with Gasteiger partial charge in [0.1, 0.15) is 12.4 Å². The number of nitrogens with one attached hydrogen (secondary N) is 2. The second-order valence-corrected chi connectivity index (χ2v) is 8.48. The van der Waals surface area contributed by atoms with Gasteiger partial charge in [-0.3, -0.25) is 9.89 Å². The van der Waals surface area contributed by atoms with Gasteiger partial charge in [-0.1, -0.05) is 19.1 Å². The van der Waals surface area contributed by atoms with Crippen LogP contribution in [0.25, 0.3) is 0 Å². The van der Waals surface area contributed by atoms with Crippen molar-refractivity contribution < 1.29 is 14.3 Å². The van der Waals surface area contributed by atoms with E-state index in [1.165, 1.54) is 12.7 Å². The molecule has 0 spiro atoms. The number of carbonyl (C=O) groups is 2. The smallest absolute Gasteiger partial charge is 0.321 e. The number of piperidine rings is 1. The molecule has 9 heteroatoms. The molecular formula is C22H30N6O3. The van der Waals surface area contributed by atoms with E-state index in [1.807, 2.05) is 41.0 Å². The Kier molecular flexibility index (Phi) is 5.95. The number of nitrogens with zero attached hydrogens (tertiary/aromatic N) is 4. The molecule has 3 amide bonds. The Morgan fingerprint density at radius 1 is 1.32 bits per heavy atom. The Balaban J connectivity index is 1.55. The Morgan fingerprint density at radius 2 is 2.13 bits per heavy atom. The molecule has 1 aromatic carbocycles. The third-order valence-corrected chi connectivity index (χ3v) is 6.50. The van der Waals surface area contributed by atoms with Crippen LogP contribution in [0, 0.1) is 12.8 Å². The van der Waals surface area contributed by atoms with Crippen molar-refractivity contribution in [2.45, 2.75) is 32.1 Å². The zero-order valence-corrected chi connectivity index (χ0v) is 18.4. The van der Waals surface area contributed by atoms with E-state index in [2.05, 4.69) is 27.4 Å². The van der Waals surface area contributed by atoms with Gasteiger partial charge >= 0.3 is 6.03 Å². The number of anilines is 1. The van der Waals surface area contributed by atoms with Crippen LogP contribution < -0.4 is 5.32 Å². The van der Waals surface area contributed by atoms with Crippen LogP contribution in [0.1, 0.15) is 30.6 Å². The van der Waals surface area contributed by atoms with Crippen LogP contribution in [0.5, 0.6) is 0 Å². The minimum Gasteiger partial charge on any atom is -0.375 e. The number of fused-ring (bicyclic) bond motifs is 1. The van der Waals surface area contributed by atoms with E-state index in [4.69, 9.17) is 4.74 Å². The number of benzene rings is 1. The minimum absolute atomic E-state index is 0.0263. The van der Waals surface area contributed by atoms with E-state index in [0.29, 0.717) is 32.6 Å². The van der Waals surface area contributed by atoms with Crippen LogP contribution in [0.4, 0.5) is 10.5 Å². The second kappa shape index (κ2) is 8.66. The van der Waals surface area contributed by atoms with Gasteiger partial charge in [0.2, 0.25) is 5.91 Å². The van der Waals surface area contributed by atoms with Gasteiger partial charge in [-0.05, 0) is 37.5 Å². The first-order valence-corrected chi connectivity index (χ1v) is 10.8. The summed E-state index contributed by atoms with van der Waals surface area (Å²) in [7, 11) is 1.53. The SMILES string of the molecule is CCc1cccc(NC(=O)N2C[C@H]3CN(C(=O)COC)CC[C@@]3(c3n[nH]c(C)n3)C2)c1. The van der Waals surface area contributed by atoms with Crippen molar-refractivity contribution in [3.8, 4) is 0 Å². The van der Waals surface area contributed by atoms with Crippen molar-refractivity contribution in [1.29, 1.82) is 0 Å². The number of aromatic nitrogens is 3. The second-order valence-electron chi connectivity index (χ2n) is 8.48. The van der Waals surface area contributed by atoms with Crippen molar-refractivity contribution in [2.75, 3.05) is 45.2 Å². The fourth-order valence-electron chi connectivity index (χ4n) is 4.78. The van der Waals surface area contributed by atoms with Gasteiger partial charge in [0.15, 0.2) is 5.82 Å². The maximum atomic E-state index is 13.1. The monoisotopic (exact) mass is 426 g/mol. The number of hydrogen-bond donors (Lipinski definition) is 2. The third-order valence-electron chi connectivity index (χ3n) is 6.50. The summed E-state index contributed by atoms with van der Waals surface area (Å²) in [6.07, 6.45) is 1.62. The molecular weight excluding hydrogens is 396 g/mol. The van der Waals surface area contributed by atoms with Crippen LogP contribution in [0.3, 0.4) is 0 Å². The number of carbonyl (C=O) groups excluding carboxylic acids is 2. The van der Waals surface area contributed by atoms with Crippen molar-refractivity contribution >= 4 is 17.6 Å². The average molecular weight is 427 g/mol. The molecule has 0 saturated carbocycles. The normalized spacial score (nSPS) is 23.0. The molecule has 2 N–H and O–H groups in total. The van der Waals surface area contributed by atoms with Crippen molar-refractivity contribution in [2.24, 2.45) is 5.92 Å². The maximum Gasteiger partial charge on any atom is 0.321 e. The van der Waals surface area contributed by atoms with Crippen molar-refractivity contribution in [3.63, 3.8) is 0 Å². The molecule has 31 heavy (non-hydrogen) atoms. The highest BCUT2D eigenvalue weighted by molar-refractivity contribution is 5.89. The van der Waals surface area contributed by atoms with E-state index >= 15 is 0 Å². The predicted molar refractivity (Wildman–Crippen MR) is 116 cm³/mol. The number of aryl methyl sites for hydroxylation is 2. The Hall–Kier alpha value is -2.94. The first-order chi connectivity index (χ1) is 14.9. The Bertz CT molecular complexity index is 960. The predicted octanol–water partition coefficient (Wildman–Crippen LogP) is 1.96. The summed E-state index contributed by atoms with van der Waals surface area (Å²) in [4.78, 5) is 33.8. The molecule has 0 bridgehead atoms. The van der Waals surface area contributed by atoms with E-state index < -0.39 is 0 Å². The highest BCUT2D eigenvalue weighted by atomic mass is 16.5. The van der Waals surface area contributed by atoms with Crippen molar-refractivity contribution in [1.82, 2.24) is 25.0 Å². The van der Waals surface area contributed by atoms with Gasteiger partial charge < -0.3 is 19.9 Å². The fraction of sp³-hybridized carbons (Fsp3) is 0.545. The van der Waals surface area contributed by atoms with Gasteiger partial charge in [-0.2, -0.15) is 5.10 Å². The lowest BCUT2D eigenvalue weighted by atomic mass is 9.72. The summed E-state index contributed by atoms with van der Waals surface area (Å²) >= 11 is 0. The molecule has 2 aromatic rings. The van der Waals surface area contributed by atoms with E-state index in [0.717, 1.165) is 23.8 Å². The Morgan fingerprint density at radius 3 is 2.84 bits per heavy atom. The molecule has 3 heterocycles. The first-order valence-electron chi connectivity index (χ1n) is 10.8. The molecule has 2 fully saturated rings. The summed E-state index contributed by atoms with van der Waals surface area (Å²) in [5, 5.41) is 10.4. The lowest BCUT2D eigenvalue weighted by Crippen LogP contribution is -2.52. The number of urea groups is 1. The number of ether oxygens (including phenoxy) is 1. The molecule has 9 nitrogen and oxygen atoms in total. The van der Waals surface area contributed by atoms with Crippen LogP contribution in [-0.4, -0.2) is 76.8 Å². The standard InChI is InChI=1S/C22H30N6O3/c1-4-16-6-5-7-18(10-16)24-21(30)28-12-17-11-27(19(29)13-31-3)9-8-22(17,14-28)20-23-15(2)25-26-20/h5-7,10,17H,4,8-9,11-14H2,1-3H3,(H,24,30)(H,23,25,26)/t17-,22-/m1/s1. The molecule has 2 aliphatic rings. The highest BCUT2D eigenvalue weighted by Crippen LogP contribution is 2.44. The zero-order chi connectivity index (χ0) is 22.0. The lowest BCUT2D eigenvalue weighted by Gasteiger charge is -2.41. The van der Waals surface area contributed by atoms with Crippen LogP contribution >= 0.6 is 0 Å². The number of hydrogen-bond acceptors (Lipinski definition) is 5. The number of likely N-dealkylation sites (tertiary alicyclic amines) is 2. The number of rotatable bonds is 5. The van der Waals surface area contributed by atoms with Crippen LogP contribution in [-0.2, 0) is 21.4 Å². The summed E-state index contributed by atoms with van der Waals surface area (Å²) in [5.74, 6) is 1.52. The lowest BCUT2D eigenvalue weighted by molar-refractivity contribution is -0.137.